The van der Waals surface area contributed by atoms with E-state index in [0.29, 0.717) is 12.2 Å². The van der Waals surface area contributed by atoms with Crippen LogP contribution in [0.2, 0.25) is 0 Å². The molecule has 0 aromatic carbocycles. The standard InChI is InChI=1S/C10H13N5O/c11-4-9(16)3-8-1-2-10(13-5-8)15-7-12-6-14-15/h1-2,5-7,9,16H,3-4,11H2. The highest BCUT2D eigenvalue weighted by atomic mass is 16.3. The van der Waals surface area contributed by atoms with Crippen LogP contribution >= 0.6 is 0 Å². The fourth-order valence-electron chi connectivity index (χ4n) is 1.35. The van der Waals surface area contributed by atoms with Gasteiger partial charge in [-0.05, 0) is 11.6 Å². The molecule has 2 aromatic rings. The van der Waals surface area contributed by atoms with Gasteiger partial charge in [0, 0.05) is 19.2 Å². The molecule has 3 N–H and O–H groups in total. The first-order chi connectivity index (χ1) is 7.79. The first kappa shape index (κ1) is 10.7. The van der Waals surface area contributed by atoms with Gasteiger partial charge < -0.3 is 10.8 Å². The van der Waals surface area contributed by atoms with E-state index < -0.39 is 6.10 Å². The molecular weight excluding hydrogens is 206 g/mol. The average molecular weight is 219 g/mol. The quantitative estimate of drug-likeness (QED) is 0.725. The Kier molecular flexibility index (Phi) is 3.23. The van der Waals surface area contributed by atoms with E-state index in [1.165, 1.54) is 6.33 Å². The summed E-state index contributed by atoms with van der Waals surface area (Å²) in [4.78, 5) is 8.06. The van der Waals surface area contributed by atoms with Crippen molar-refractivity contribution in [3.8, 4) is 5.82 Å². The molecule has 0 aliphatic heterocycles. The number of aromatic nitrogens is 4. The molecule has 1 unspecified atom stereocenters. The number of hydrogen-bond acceptors (Lipinski definition) is 5. The predicted octanol–water partition coefficient (Wildman–Crippen LogP) is -0.476. The lowest BCUT2D eigenvalue weighted by molar-refractivity contribution is 0.183. The van der Waals surface area contributed by atoms with Crippen LogP contribution < -0.4 is 5.73 Å². The maximum Gasteiger partial charge on any atom is 0.155 e. The van der Waals surface area contributed by atoms with Crippen molar-refractivity contribution in [2.45, 2.75) is 12.5 Å². The summed E-state index contributed by atoms with van der Waals surface area (Å²) in [7, 11) is 0. The summed E-state index contributed by atoms with van der Waals surface area (Å²) in [6, 6.07) is 3.72. The van der Waals surface area contributed by atoms with Gasteiger partial charge in [0.2, 0.25) is 0 Å². The smallest absolute Gasteiger partial charge is 0.155 e. The van der Waals surface area contributed by atoms with Gasteiger partial charge in [-0.25, -0.2) is 14.6 Å². The normalized spacial score (nSPS) is 12.6. The van der Waals surface area contributed by atoms with E-state index in [1.807, 2.05) is 12.1 Å². The van der Waals surface area contributed by atoms with Gasteiger partial charge in [0.15, 0.2) is 5.82 Å². The number of pyridine rings is 1. The van der Waals surface area contributed by atoms with Crippen LogP contribution in [0, 0.1) is 0 Å². The third-order valence-corrected chi connectivity index (χ3v) is 2.21. The molecule has 6 heteroatoms. The van der Waals surface area contributed by atoms with Crippen molar-refractivity contribution in [1.29, 1.82) is 0 Å². The molecule has 0 aliphatic rings. The second-order valence-corrected chi connectivity index (χ2v) is 3.46. The summed E-state index contributed by atoms with van der Waals surface area (Å²) < 4.78 is 1.57. The van der Waals surface area contributed by atoms with Crippen molar-refractivity contribution in [2.24, 2.45) is 5.73 Å². The minimum Gasteiger partial charge on any atom is -0.391 e. The number of nitrogens with zero attached hydrogens (tertiary/aromatic N) is 4. The Balaban J connectivity index is 2.11. The van der Waals surface area contributed by atoms with Crippen molar-refractivity contribution >= 4 is 0 Å². The second kappa shape index (κ2) is 4.82. The van der Waals surface area contributed by atoms with E-state index >= 15 is 0 Å². The number of aliphatic hydroxyl groups is 1. The number of nitrogens with two attached hydrogens (primary N) is 1. The minimum absolute atomic E-state index is 0.255. The van der Waals surface area contributed by atoms with Crippen LogP contribution in [0.15, 0.2) is 31.0 Å². The summed E-state index contributed by atoms with van der Waals surface area (Å²) >= 11 is 0. The molecule has 0 saturated carbocycles. The Morgan fingerprint density at radius 3 is 2.88 bits per heavy atom. The van der Waals surface area contributed by atoms with Crippen molar-refractivity contribution in [2.75, 3.05) is 6.54 Å². The molecule has 6 nitrogen and oxygen atoms in total. The third kappa shape index (κ3) is 2.41. The number of rotatable bonds is 4. The number of aliphatic hydroxyl groups excluding tert-OH is 1. The van der Waals surface area contributed by atoms with E-state index in [-0.39, 0.29) is 6.54 Å². The molecule has 1 atom stereocenters. The SMILES string of the molecule is NCC(O)Cc1ccc(-n2cncn2)nc1. The molecule has 0 radical (unpaired) electrons. The van der Waals surface area contributed by atoms with Crippen molar-refractivity contribution in [1.82, 2.24) is 19.7 Å². The maximum atomic E-state index is 9.38. The lowest BCUT2D eigenvalue weighted by Gasteiger charge is -2.07. The topological polar surface area (TPSA) is 89.8 Å². The molecular formula is C10H13N5O. The van der Waals surface area contributed by atoms with Gasteiger partial charge in [-0.15, -0.1) is 0 Å². The van der Waals surface area contributed by atoms with E-state index in [0.717, 1.165) is 5.56 Å². The Morgan fingerprint density at radius 1 is 1.44 bits per heavy atom. The Hall–Kier alpha value is -1.79. The summed E-state index contributed by atoms with van der Waals surface area (Å²) in [5, 5.41) is 13.4. The Labute approximate surface area is 92.8 Å². The van der Waals surface area contributed by atoms with Gasteiger partial charge in [0.05, 0.1) is 6.10 Å². The van der Waals surface area contributed by atoms with Crippen LogP contribution in [0.5, 0.6) is 0 Å². The van der Waals surface area contributed by atoms with Gasteiger partial charge in [-0.3, -0.25) is 0 Å². The Morgan fingerprint density at radius 2 is 2.31 bits per heavy atom. The average Bonchev–Trinajstić information content (AvgIpc) is 2.83. The lowest BCUT2D eigenvalue weighted by Crippen LogP contribution is -2.22. The largest absolute Gasteiger partial charge is 0.391 e. The van der Waals surface area contributed by atoms with Gasteiger partial charge in [0.25, 0.3) is 0 Å². The molecule has 2 rings (SSSR count). The molecule has 0 bridgehead atoms. The van der Waals surface area contributed by atoms with E-state index in [1.54, 1.807) is 17.2 Å². The van der Waals surface area contributed by atoms with E-state index in [9.17, 15) is 5.11 Å². The van der Waals surface area contributed by atoms with Gasteiger partial charge in [-0.2, -0.15) is 5.10 Å². The van der Waals surface area contributed by atoms with Crippen molar-refractivity contribution in [3.63, 3.8) is 0 Å². The molecule has 2 aromatic heterocycles. The van der Waals surface area contributed by atoms with E-state index in [2.05, 4.69) is 15.1 Å². The monoisotopic (exact) mass is 219 g/mol. The molecule has 0 saturated heterocycles. The predicted molar refractivity (Wildman–Crippen MR) is 57.9 cm³/mol. The zero-order chi connectivity index (χ0) is 11.4. The molecule has 0 fully saturated rings. The fraction of sp³-hybridized carbons (Fsp3) is 0.300. The lowest BCUT2D eigenvalue weighted by atomic mass is 10.1. The highest BCUT2D eigenvalue weighted by molar-refractivity contribution is 5.24. The van der Waals surface area contributed by atoms with Crippen LogP contribution in [0.1, 0.15) is 5.56 Å². The van der Waals surface area contributed by atoms with Crippen LogP contribution in [0.4, 0.5) is 0 Å². The molecule has 0 spiro atoms. The molecule has 84 valence electrons. The Bertz CT molecular complexity index is 425. The number of hydrogen-bond donors (Lipinski definition) is 2. The van der Waals surface area contributed by atoms with Gasteiger partial charge >= 0.3 is 0 Å². The zero-order valence-corrected chi connectivity index (χ0v) is 8.69. The minimum atomic E-state index is -0.515. The summed E-state index contributed by atoms with van der Waals surface area (Å²) in [5.74, 6) is 0.698. The van der Waals surface area contributed by atoms with Crippen LogP contribution in [0.25, 0.3) is 5.82 Å². The molecule has 16 heavy (non-hydrogen) atoms. The van der Waals surface area contributed by atoms with Crippen LogP contribution in [-0.2, 0) is 6.42 Å². The fourth-order valence-corrected chi connectivity index (χ4v) is 1.35. The molecule has 2 heterocycles. The first-order valence-electron chi connectivity index (χ1n) is 4.97. The summed E-state index contributed by atoms with van der Waals surface area (Å²) in [6.45, 7) is 0.255. The van der Waals surface area contributed by atoms with Crippen molar-refractivity contribution in [3.05, 3.63) is 36.5 Å². The maximum absolute atomic E-state index is 9.38. The second-order valence-electron chi connectivity index (χ2n) is 3.46. The molecule has 0 aliphatic carbocycles. The highest BCUT2D eigenvalue weighted by Gasteiger charge is 2.04. The van der Waals surface area contributed by atoms with Crippen LogP contribution in [-0.4, -0.2) is 37.5 Å². The van der Waals surface area contributed by atoms with Crippen molar-refractivity contribution < 1.29 is 5.11 Å². The highest BCUT2D eigenvalue weighted by Crippen LogP contribution is 2.05. The van der Waals surface area contributed by atoms with E-state index in [4.69, 9.17) is 5.73 Å². The van der Waals surface area contributed by atoms with Gasteiger partial charge in [0.1, 0.15) is 12.7 Å². The van der Waals surface area contributed by atoms with Crippen LogP contribution in [0.3, 0.4) is 0 Å². The summed E-state index contributed by atoms with van der Waals surface area (Å²) in [6.07, 6.45) is 4.74. The first-order valence-corrected chi connectivity index (χ1v) is 4.97. The van der Waals surface area contributed by atoms with Gasteiger partial charge in [-0.1, -0.05) is 6.07 Å². The summed E-state index contributed by atoms with van der Waals surface area (Å²) in [5.41, 5.74) is 6.28. The zero-order valence-electron chi connectivity index (χ0n) is 8.69. The molecule has 0 amide bonds. The third-order valence-electron chi connectivity index (χ3n) is 2.21.